The number of halogens is 1. The minimum absolute atomic E-state index is 0.217. The zero-order valence-corrected chi connectivity index (χ0v) is 17.5. The minimum atomic E-state index is -0.586. The van der Waals surface area contributed by atoms with Crippen LogP contribution in [0.1, 0.15) is 25.9 Å². The molecule has 3 rings (SSSR count). The third kappa shape index (κ3) is 6.04. The van der Waals surface area contributed by atoms with Crippen LogP contribution in [-0.4, -0.2) is 23.5 Å². The van der Waals surface area contributed by atoms with Gasteiger partial charge in [-0.05, 0) is 50.2 Å². The molecule has 0 spiro atoms. The lowest BCUT2D eigenvalue weighted by Gasteiger charge is -2.06. The second kappa shape index (κ2) is 9.54. The molecule has 1 heterocycles. The molecule has 1 aromatic heterocycles. The van der Waals surface area contributed by atoms with E-state index < -0.39 is 11.9 Å². The van der Waals surface area contributed by atoms with Gasteiger partial charge in [0.2, 0.25) is 0 Å². The predicted molar refractivity (Wildman–Crippen MR) is 113 cm³/mol. The van der Waals surface area contributed by atoms with Gasteiger partial charge in [0.25, 0.3) is 5.91 Å². The summed E-state index contributed by atoms with van der Waals surface area (Å²) < 4.78 is 10.8. The third-order valence-corrected chi connectivity index (χ3v) is 5.23. The molecule has 1 amide bonds. The van der Waals surface area contributed by atoms with Gasteiger partial charge in [-0.3, -0.25) is 4.79 Å². The van der Waals surface area contributed by atoms with Crippen molar-refractivity contribution in [1.29, 1.82) is 0 Å². The van der Waals surface area contributed by atoms with Gasteiger partial charge in [-0.15, -0.1) is 11.3 Å². The molecule has 0 saturated carbocycles. The monoisotopic (exact) mass is 430 g/mol. The van der Waals surface area contributed by atoms with Gasteiger partial charge >= 0.3 is 5.97 Å². The Balaban J connectivity index is 1.51. The zero-order chi connectivity index (χ0) is 20.8. The lowest BCUT2D eigenvalue weighted by atomic mass is 10.2. The van der Waals surface area contributed by atoms with E-state index in [1.807, 2.05) is 19.1 Å². The average molecular weight is 431 g/mol. The largest absolute Gasteiger partial charge is 0.486 e. The topological polar surface area (TPSA) is 77.5 Å². The summed E-state index contributed by atoms with van der Waals surface area (Å²) >= 11 is 7.02. The maximum Gasteiger partial charge on any atom is 0.350 e. The van der Waals surface area contributed by atoms with Crippen LogP contribution in [0.3, 0.4) is 0 Å². The van der Waals surface area contributed by atoms with Crippen LogP contribution in [-0.2, 0) is 16.1 Å². The Labute approximate surface area is 177 Å². The molecule has 0 aliphatic heterocycles. The molecule has 0 atom stereocenters. The van der Waals surface area contributed by atoms with E-state index in [1.165, 1.54) is 11.3 Å². The number of hydrogen-bond donors (Lipinski definition) is 1. The number of amides is 1. The minimum Gasteiger partial charge on any atom is -0.486 e. The number of hydrogen-bond acceptors (Lipinski definition) is 6. The maximum absolute atomic E-state index is 12.3. The van der Waals surface area contributed by atoms with Crippen molar-refractivity contribution in [2.24, 2.45) is 0 Å². The van der Waals surface area contributed by atoms with Crippen LogP contribution >= 0.6 is 22.9 Å². The number of nitrogens with one attached hydrogen (secondary N) is 1. The van der Waals surface area contributed by atoms with Crippen LogP contribution in [0.15, 0.2) is 48.5 Å². The highest BCUT2D eigenvalue weighted by Crippen LogP contribution is 2.22. The van der Waals surface area contributed by atoms with Crippen molar-refractivity contribution in [2.75, 3.05) is 11.9 Å². The fraction of sp³-hybridized carbons (Fsp3) is 0.190. The Kier molecular flexibility index (Phi) is 6.85. The predicted octanol–water partition coefficient (Wildman–Crippen LogP) is 4.79. The molecule has 0 aliphatic carbocycles. The first-order valence-corrected chi connectivity index (χ1v) is 9.98. The van der Waals surface area contributed by atoms with Gasteiger partial charge in [0.05, 0.1) is 5.69 Å². The number of aromatic nitrogens is 1. The SMILES string of the molecule is Cc1ccc(NC(=O)COC(=O)c2sc(COc3ccc(Cl)cc3)nc2C)cc1. The van der Waals surface area contributed by atoms with E-state index in [1.54, 1.807) is 43.3 Å². The van der Waals surface area contributed by atoms with Crippen LogP contribution in [0.4, 0.5) is 5.69 Å². The van der Waals surface area contributed by atoms with Gasteiger partial charge in [0.15, 0.2) is 6.61 Å². The number of carbonyl (C=O) groups is 2. The molecular formula is C21H19ClN2O4S. The molecule has 29 heavy (non-hydrogen) atoms. The van der Waals surface area contributed by atoms with E-state index in [-0.39, 0.29) is 13.2 Å². The van der Waals surface area contributed by atoms with Crippen molar-refractivity contribution in [3.05, 3.63) is 74.7 Å². The van der Waals surface area contributed by atoms with Crippen LogP contribution < -0.4 is 10.1 Å². The van der Waals surface area contributed by atoms with E-state index in [4.69, 9.17) is 21.1 Å². The summed E-state index contributed by atoms with van der Waals surface area (Å²) in [6.45, 7) is 3.51. The smallest absolute Gasteiger partial charge is 0.350 e. The molecule has 8 heteroatoms. The van der Waals surface area contributed by atoms with Gasteiger partial charge < -0.3 is 14.8 Å². The molecule has 0 radical (unpaired) electrons. The van der Waals surface area contributed by atoms with Gasteiger partial charge in [-0.25, -0.2) is 9.78 Å². The van der Waals surface area contributed by atoms with Crippen LogP contribution in [0.2, 0.25) is 5.02 Å². The quantitative estimate of drug-likeness (QED) is 0.545. The van der Waals surface area contributed by atoms with Crippen molar-refractivity contribution in [3.63, 3.8) is 0 Å². The van der Waals surface area contributed by atoms with E-state index in [2.05, 4.69) is 10.3 Å². The molecule has 0 unspecified atom stereocenters. The molecule has 0 fully saturated rings. The van der Waals surface area contributed by atoms with Gasteiger partial charge in [0, 0.05) is 10.7 Å². The number of aryl methyl sites for hydroxylation is 2. The number of nitrogens with zero attached hydrogens (tertiary/aromatic N) is 1. The van der Waals surface area contributed by atoms with Gasteiger partial charge in [-0.1, -0.05) is 29.3 Å². The number of anilines is 1. The van der Waals surface area contributed by atoms with Crippen LogP contribution in [0.5, 0.6) is 5.75 Å². The number of carbonyl (C=O) groups excluding carboxylic acids is 2. The average Bonchev–Trinajstić information content (AvgIpc) is 3.08. The van der Waals surface area contributed by atoms with E-state index >= 15 is 0 Å². The number of thiazole rings is 1. The summed E-state index contributed by atoms with van der Waals surface area (Å²) in [5, 5.41) is 3.94. The van der Waals surface area contributed by atoms with E-state index in [0.29, 0.717) is 32.0 Å². The molecule has 2 aromatic carbocycles. The Morgan fingerprint density at radius 1 is 1.07 bits per heavy atom. The molecule has 150 valence electrons. The summed E-state index contributed by atoms with van der Waals surface area (Å²) in [5.74, 6) is -0.341. The summed E-state index contributed by atoms with van der Waals surface area (Å²) in [4.78, 5) is 29.0. The summed E-state index contributed by atoms with van der Waals surface area (Å²) in [6, 6.07) is 14.3. The highest BCUT2D eigenvalue weighted by Gasteiger charge is 2.18. The molecule has 0 saturated heterocycles. The number of esters is 1. The van der Waals surface area contributed by atoms with Crippen molar-refractivity contribution in [1.82, 2.24) is 4.98 Å². The first-order valence-electron chi connectivity index (χ1n) is 8.79. The number of ether oxygens (including phenoxy) is 2. The van der Waals surface area contributed by atoms with Crippen LogP contribution in [0.25, 0.3) is 0 Å². The Morgan fingerprint density at radius 2 is 1.76 bits per heavy atom. The molecule has 0 bridgehead atoms. The molecule has 0 aliphatic rings. The fourth-order valence-electron chi connectivity index (χ4n) is 2.41. The lowest BCUT2D eigenvalue weighted by Crippen LogP contribution is -2.20. The number of rotatable bonds is 7. The van der Waals surface area contributed by atoms with Crippen molar-refractivity contribution in [2.45, 2.75) is 20.5 Å². The highest BCUT2D eigenvalue weighted by atomic mass is 35.5. The van der Waals surface area contributed by atoms with Gasteiger partial charge in [0.1, 0.15) is 22.2 Å². The summed E-state index contributed by atoms with van der Waals surface area (Å²) in [5.41, 5.74) is 2.27. The van der Waals surface area contributed by atoms with Crippen molar-refractivity contribution >= 4 is 40.5 Å². The Bertz CT molecular complexity index is 1000. The van der Waals surface area contributed by atoms with Gasteiger partial charge in [-0.2, -0.15) is 0 Å². The van der Waals surface area contributed by atoms with E-state index in [9.17, 15) is 9.59 Å². The normalized spacial score (nSPS) is 10.4. The molecule has 3 aromatic rings. The van der Waals surface area contributed by atoms with Crippen molar-refractivity contribution < 1.29 is 19.1 Å². The van der Waals surface area contributed by atoms with E-state index in [0.717, 1.165) is 5.56 Å². The van der Waals surface area contributed by atoms with Crippen LogP contribution in [0, 0.1) is 13.8 Å². The Hall–Kier alpha value is -2.90. The lowest BCUT2D eigenvalue weighted by molar-refractivity contribution is -0.119. The van der Waals surface area contributed by atoms with Crippen molar-refractivity contribution in [3.8, 4) is 5.75 Å². The number of benzene rings is 2. The summed E-state index contributed by atoms with van der Waals surface area (Å²) in [7, 11) is 0. The first-order chi connectivity index (χ1) is 13.9. The second-order valence-electron chi connectivity index (χ2n) is 6.26. The highest BCUT2D eigenvalue weighted by molar-refractivity contribution is 7.13. The summed E-state index contributed by atoms with van der Waals surface area (Å²) in [6.07, 6.45) is 0. The molecular weight excluding hydrogens is 412 g/mol. The molecule has 1 N–H and O–H groups in total. The molecule has 6 nitrogen and oxygen atoms in total. The zero-order valence-electron chi connectivity index (χ0n) is 15.9. The fourth-order valence-corrected chi connectivity index (χ4v) is 3.41. The first kappa shape index (κ1) is 20.8. The third-order valence-electron chi connectivity index (χ3n) is 3.87. The second-order valence-corrected chi connectivity index (χ2v) is 7.78. The maximum atomic E-state index is 12.3. The Morgan fingerprint density at radius 3 is 2.45 bits per heavy atom. The standard InChI is InChI=1S/C21H19ClN2O4S/c1-13-3-7-16(8-4-13)24-18(25)11-28-21(26)20-14(2)23-19(29-20)12-27-17-9-5-15(22)6-10-17/h3-10H,11-12H2,1-2H3,(H,24,25).